The first kappa shape index (κ1) is 12.8. The lowest BCUT2D eigenvalue weighted by atomic mass is 9.84. The molecule has 0 aliphatic carbocycles. The zero-order valence-electron chi connectivity index (χ0n) is 11.2. The summed E-state index contributed by atoms with van der Waals surface area (Å²) in [6.07, 6.45) is 0. The third-order valence-electron chi connectivity index (χ3n) is 3.25. The second-order valence-electron chi connectivity index (χ2n) is 5.04. The van der Waals surface area contributed by atoms with Crippen molar-refractivity contribution in [1.29, 1.82) is 0 Å². The fourth-order valence-corrected chi connectivity index (χ4v) is 2.46. The molecule has 0 radical (unpaired) electrons. The van der Waals surface area contributed by atoms with E-state index in [1.54, 1.807) is 5.51 Å². The highest BCUT2D eigenvalue weighted by Crippen LogP contribution is 2.31. The summed E-state index contributed by atoms with van der Waals surface area (Å²) in [6.45, 7) is 4.08. The van der Waals surface area contributed by atoms with Crippen molar-refractivity contribution in [3.05, 3.63) is 46.6 Å². The fourth-order valence-electron chi connectivity index (χ4n) is 1.93. The molecule has 0 saturated carbocycles. The monoisotopic (exact) mass is 286 g/mol. The van der Waals surface area contributed by atoms with Crippen molar-refractivity contribution in [3.63, 3.8) is 0 Å². The maximum Gasteiger partial charge on any atom is 0.237 e. The van der Waals surface area contributed by atoms with Crippen LogP contribution >= 0.6 is 11.3 Å². The summed E-state index contributed by atoms with van der Waals surface area (Å²) in [5.74, 6) is 1.08. The van der Waals surface area contributed by atoms with E-state index in [0.717, 1.165) is 16.9 Å². The Morgan fingerprint density at radius 1 is 1.20 bits per heavy atom. The highest BCUT2D eigenvalue weighted by molar-refractivity contribution is 7.07. The van der Waals surface area contributed by atoms with Crippen LogP contribution in [0.4, 0.5) is 5.69 Å². The van der Waals surface area contributed by atoms with Gasteiger partial charge in [0.1, 0.15) is 5.69 Å². The molecule has 0 aliphatic rings. The van der Waals surface area contributed by atoms with Crippen LogP contribution in [0.15, 0.2) is 39.7 Å². The molecule has 0 bridgehead atoms. The number of nitrogens with zero attached hydrogens (tertiary/aromatic N) is 3. The molecular formula is C14H14N4OS. The van der Waals surface area contributed by atoms with Gasteiger partial charge in [-0.25, -0.2) is 4.98 Å². The quantitative estimate of drug-likeness (QED) is 0.748. The number of benzene rings is 1. The van der Waals surface area contributed by atoms with Crippen LogP contribution < -0.4 is 5.73 Å². The maximum atomic E-state index is 5.72. The molecule has 0 aliphatic heterocycles. The normalized spacial score (nSPS) is 11.7. The van der Waals surface area contributed by atoms with Gasteiger partial charge in [-0.15, -0.1) is 11.3 Å². The number of rotatable bonds is 3. The minimum Gasteiger partial charge on any atom is -0.399 e. The van der Waals surface area contributed by atoms with Gasteiger partial charge in [0.05, 0.1) is 10.9 Å². The minimum absolute atomic E-state index is 0.380. The lowest BCUT2D eigenvalue weighted by Crippen LogP contribution is -2.19. The molecular weight excluding hydrogens is 272 g/mol. The maximum absolute atomic E-state index is 5.72. The second kappa shape index (κ2) is 4.72. The first-order valence-corrected chi connectivity index (χ1v) is 7.10. The van der Waals surface area contributed by atoms with E-state index in [2.05, 4.69) is 15.1 Å². The van der Waals surface area contributed by atoms with Gasteiger partial charge in [-0.1, -0.05) is 17.3 Å². The van der Waals surface area contributed by atoms with Crippen LogP contribution in [0.2, 0.25) is 0 Å². The summed E-state index contributed by atoms with van der Waals surface area (Å²) in [5, 5.41) is 5.90. The predicted octanol–water partition coefficient (Wildman–Crippen LogP) is 3.10. The number of hydrogen-bond donors (Lipinski definition) is 1. The van der Waals surface area contributed by atoms with E-state index in [4.69, 9.17) is 10.3 Å². The number of hydrogen-bond acceptors (Lipinski definition) is 6. The summed E-state index contributed by atoms with van der Waals surface area (Å²) in [5.41, 5.74) is 9.62. The van der Waals surface area contributed by atoms with Crippen molar-refractivity contribution < 1.29 is 4.52 Å². The third-order valence-corrected chi connectivity index (χ3v) is 3.84. The fraction of sp³-hybridized carbons (Fsp3) is 0.214. The van der Waals surface area contributed by atoms with Crippen LogP contribution in [0.3, 0.4) is 0 Å². The molecule has 6 heteroatoms. The average molecular weight is 286 g/mol. The summed E-state index contributed by atoms with van der Waals surface area (Å²) >= 11 is 1.50. The van der Waals surface area contributed by atoms with Crippen LogP contribution in [0, 0.1) is 0 Å². The average Bonchev–Trinajstić information content (AvgIpc) is 3.10. The molecule has 0 spiro atoms. The zero-order valence-corrected chi connectivity index (χ0v) is 12.0. The van der Waals surface area contributed by atoms with E-state index >= 15 is 0 Å². The zero-order chi connectivity index (χ0) is 14.2. The lowest BCUT2D eigenvalue weighted by molar-refractivity contribution is 0.333. The molecule has 1 aromatic carbocycles. The lowest BCUT2D eigenvalue weighted by Gasteiger charge is -2.20. The molecule has 102 valence electrons. The molecule has 0 saturated heterocycles. The molecule has 5 nitrogen and oxygen atoms in total. The topological polar surface area (TPSA) is 77.8 Å². The molecule has 0 fully saturated rings. The van der Waals surface area contributed by atoms with Gasteiger partial charge >= 0.3 is 0 Å². The van der Waals surface area contributed by atoms with E-state index in [1.165, 1.54) is 11.3 Å². The molecule has 0 unspecified atom stereocenters. The van der Waals surface area contributed by atoms with Crippen molar-refractivity contribution in [3.8, 4) is 11.5 Å². The molecule has 2 N–H and O–H groups in total. The van der Waals surface area contributed by atoms with E-state index < -0.39 is 0 Å². The van der Waals surface area contributed by atoms with Gasteiger partial charge in [0.25, 0.3) is 0 Å². The Balaban J connectivity index is 1.97. The van der Waals surface area contributed by atoms with Crippen LogP contribution in [-0.4, -0.2) is 15.1 Å². The summed E-state index contributed by atoms with van der Waals surface area (Å²) in [7, 11) is 0. The second-order valence-corrected chi connectivity index (χ2v) is 5.76. The highest BCUT2D eigenvalue weighted by atomic mass is 32.1. The molecule has 0 atom stereocenters. The Kier molecular flexibility index (Phi) is 3.02. The van der Waals surface area contributed by atoms with Gasteiger partial charge in [0.15, 0.2) is 0 Å². The summed E-state index contributed by atoms with van der Waals surface area (Å²) in [4.78, 5) is 8.64. The molecule has 3 aromatic rings. The number of aromatic nitrogens is 3. The van der Waals surface area contributed by atoms with Crippen molar-refractivity contribution in [1.82, 2.24) is 15.1 Å². The van der Waals surface area contributed by atoms with E-state index in [1.807, 2.05) is 43.5 Å². The van der Waals surface area contributed by atoms with Crippen molar-refractivity contribution >= 4 is 17.0 Å². The Labute approximate surface area is 120 Å². The summed E-state index contributed by atoms with van der Waals surface area (Å²) in [6, 6.07) is 7.69. The number of anilines is 1. The standard InChI is InChI=1S/C14H14N4OS/c1-14(2,9-3-5-10(15)6-4-9)13-17-12(18-19-13)11-7-20-8-16-11/h3-8H,15H2,1-2H3. The van der Waals surface area contributed by atoms with Crippen molar-refractivity contribution in [2.24, 2.45) is 0 Å². The summed E-state index contributed by atoms with van der Waals surface area (Å²) < 4.78 is 5.41. The molecule has 2 aromatic heterocycles. The van der Waals surface area contributed by atoms with Crippen LogP contribution in [0.5, 0.6) is 0 Å². The number of thiazole rings is 1. The van der Waals surface area contributed by atoms with E-state index in [9.17, 15) is 0 Å². The third kappa shape index (κ3) is 2.18. The molecule has 0 amide bonds. The first-order valence-electron chi connectivity index (χ1n) is 6.16. The van der Waals surface area contributed by atoms with Gasteiger partial charge < -0.3 is 10.3 Å². The predicted molar refractivity (Wildman–Crippen MR) is 78.4 cm³/mol. The van der Waals surface area contributed by atoms with Crippen LogP contribution in [0.25, 0.3) is 11.5 Å². The van der Waals surface area contributed by atoms with Gasteiger partial charge in [0, 0.05) is 11.1 Å². The van der Waals surface area contributed by atoms with Gasteiger partial charge in [-0.05, 0) is 31.5 Å². The van der Waals surface area contributed by atoms with Gasteiger partial charge in [-0.3, -0.25) is 0 Å². The number of nitrogens with two attached hydrogens (primary N) is 1. The number of nitrogen functional groups attached to an aromatic ring is 1. The molecule has 20 heavy (non-hydrogen) atoms. The first-order chi connectivity index (χ1) is 9.57. The Morgan fingerprint density at radius 3 is 2.60 bits per heavy atom. The van der Waals surface area contributed by atoms with Crippen molar-refractivity contribution in [2.45, 2.75) is 19.3 Å². The van der Waals surface area contributed by atoms with Crippen molar-refractivity contribution in [2.75, 3.05) is 5.73 Å². The molecule has 2 heterocycles. The van der Waals surface area contributed by atoms with E-state index in [0.29, 0.717) is 11.7 Å². The Bertz CT molecular complexity index is 701. The van der Waals surface area contributed by atoms with Gasteiger partial charge in [-0.2, -0.15) is 4.98 Å². The SMILES string of the molecule is CC(C)(c1ccc(N)cc1)c1nc(-c2cscn2)no1. The van der Waals surface area contributed by atoms with Gasteiger partial charge in [0.2, 0.25) is 11.7 Å². The van der Waals surface area contributed by atoms with Crippen LogP contribution in [0.1, 0.15) is 25.3 Å². The Hall–Kier alpha value is -2.21. The molecule has 3 rings (SSSR count). The highest BCUT2D eigenvalue weighted by Gasteiger charge is 2.30. The Morgan fingerprint density at radius 2 is 1.95 bits per heavy atom. The smallest absolute Gasteiger partial charge is 0.237 e. The largest absolute Gasteiger partial charge is 0.399 e. The van der Waals surface area contributed by atoms with Crippen LogP contribution in [-0.2, 0) is 5.41 Å². The minimum atomic E-state index is -0.380. The van der Waals surface area contributed by atoms with E-state index in [-0.39, 0.29) is 5.41 Å².